The van der Waals surface area contributed by atoms with Crippen LogP contribution < -0.4 is 10.6 Å². The van der Waals surface area contributed by atoms with Crippen molar-refractivity contribution in [3.8, 4) is 0 Å². The Hall–Kier alpha value is -1.39. The third kappa shape index (κ3) is 12.6. The zero-order chi connectivity index (χ0) is 19.4. The molecule has 1 heterocycles. The lowest BCUT2D eigenvalue weighted by Crippen LogP contribution is -2.37. The Bertz CT molecular complexity index is 568. The van der Waals surface area contributed by atoms with Gasteiger partial charge >= 0.3 is 5.97 Å². The van der Waals surface area contributed by atoms with Gasteiger partial charge in [-0.3, -0.25) is 9.48 Å². The highest BCUT2D eigenvalue weighted by molar-refractivity contribution is 14.0. The fourth-order valence-electron chi connectivity index (χ4n) is 2.30. The molecular formula is C18H35IN6O2. The van der Waals surface area contributed by atoms with Crippen LogP contribution in [-0.4, -0.2) is 45.4 Å². The first-order valence-electron chi connectivity index (χ1n) is 9.38. The van der Waals surface area contributed by atoms with Gasteiger partial charge < -0.3 is 15.4 Å². The molecule has 1 rings (SSSR count). The fraction of sp³-hybridized carbons (Fsp3) is 0.778. The first-order valence-corrected chi connectivity index (χ1v) is 9.38. The van der Waals surface area contributed by atoms with Crippen LogP contribution in [0.3, 0.4) is 0 Å². The lowest BCUT2D eigenvalue weighted by atomic mass is 10.1. The van der Waals surface area contributed by atoms with E-state index in [1.807, 2.05) is 34.7 Å². The van der Waals surface area contributed by atoms with E-state index in [0.717, 1.165) is 50.6 Å². The summed E-state index contributed by atoms with van der Waals surface area (Å²) in [5, 5.41) is 10.6. The van der Waals surface area contributed by atoms with Gasteiger partial charge in [-0.05, 0) is 40.5 Å². The predicted octanol–water partition coefficient (Wildman–Crippen LogP) is 2.78. The molecule has 0 aromatic carbocycles. The summed E-state index contributed by atoms with van der Waals surface area (Å²) in [6.45, 7) is 9.86. The summed E-state index contributed by atoms with van der Waals surface area (Å²) in [5.74, 6) is 1.49. The molecule has 8 nitrogen and oxygen atoms in total. The van der Waals surface area contributed by atoms with Crippen molar-refractivity contribution >= 4 is 35.9 Å². The second-order valence-electron chi connectivity index (χ2n) is 7.17. The normalized spacial score (nSPS) is 11.7. The van der Waals surface area contributed by atoms with Crippen LogP contribution in [0.2, 0.25) is 0 Å². The molecule has 2 N–H and O–H groups in total. The van der Waals surface area contributed by atoms with Crippen molar-refractivity contribution in [1.82, 2.24) is 25.4 Å². The summed E-state index contributed by atoms with van der Waals surface area (Å²) in [6, 6.07) is 0. The molecule has 0 spiro atoms. The highest BCUT2D eigenvalue weighted by Gasteiger charge is 2.15. The number of esters is 1. The quantitative estimate of drug-likeness (QED) is 0.171. The number of hydrogen-bond donors (Lipinski definition) is 2. The van der Waals surface area contributed by atoms with Crippen molar-refractivity contribution in [3.63, 3.8) is 0 Å². The molecule has 0 aliphatic heterocycles. The van der Waals surface area contributed by atoms with Gasteiger partial charge in [-0.15, -0.1) is 24.0 Å². The van der Waals surface area contributed by atoms with E-state index in [0.29, 0.717) is 13.0 Å². The van der Waals surface area contributed by atoms with Gasteiger partial charge in [0.05, 0.1) is 0 Å². The van der Waals surface area contributed by atoms with Crippen molar-refractivity contribution in [2.24, 2.45) is 12.0 Å². The van der Waals surface area contributed by atoms with Crippen LogP contribution in [0.5, 0.6) is 0 Å². The number of aliphatic imine (C=N–C) groups is 1. The number of carbonyl (C=O) groups excluding carboxylic acids is 1. The van der Waals surface area contributed by atoms with Gasteiger partial charge in [-0.25, -0.2) is 9.98 Å². The fourth-order valence-corrected chi connectivity index (χ4v) is 2.30. The number of unbranched alkanes of at least 4 members (excludes halogenated alkanes) is 3. The van der Waals surface area contributed by atoms with E-state index in [-0.39, 0.29) is 29.9 Å². The second kappa shape index (κ2) is 13.7. The topological polar surface area (TPSA) is 93.4 Å². The Morgan fingerprint density at radius 3 is 2.52 bits per heavy atom. The molecular weight excluding hydrogens is 459 g/mol. The summed E-state index contributed by atoms with van der Waals surface area (Å²) in [7, 11) is 1.86. The minimum atomic E-state index is -0.395. The van der Waals surface area contributed by atoms with Crippen molar-refractivity contribution in [2.45, 2.75) is 71.9 Å². The van der Waals surface area contributed by atoms with E-state index in [9.17, 15) is 4.79 Å². The third-order valence-electron chi connectivity index (χ3n) is 3.55. The van der Waals surface area contributed by atoms with E-state index in [4.69, 9.17) is 4.74 Å². The minimum Gasteiger partial charge on any atom is -0.460 e. The van der Waals surface area contributed by atoms with Crippen LogP contribution in [0.25, 0.3) is 0 Å². The van der Waals surface area contributed by atoms with Gasteiger partial charge in [0, 0.05) is 26.6 Å². The smallest absolute Gasteiger partial charge is 0.306 e. The molecule has 0 radical (unpaired) electrons. The molecule has 0 fully saturated rings. The van der Waals surface area contributed by atoms with Gasteiger partial charge in [0.1, 0.15) is 24.3 Å². The van der Waals surface area contributed by atoms with E-state index < -0.39 is 5.60 Å². The van der Waals surface area contributed by atoms with Gasteiger partial charge in [-0.2, -0.15) is 5.10 Å². The van der Waals surface area contributed by atoms with Crippen LogP contribution in [0.1, 0.15) is 65.6 Å². The van der Waals surface area contributed by atoms with Crippen molar-refractivity contribution in [1.29, 1.82) is 0 Å². The second-order valence-corrected chi connectivity index (χ2v) is 7.17. The summed E-state index contributed by atoms with van der Waals surface area (Å²) < 4.78 is 7.02. The summed E-state index contributed by atoms with van der Waals surface area (Å²) >= 11 is 0. The standard InChI is InChI=1S/C18H34N6O2.HI/c1-6-19-17(21-13-15-22-14-23-24(15)5)20-12-10-8-7-9-11-16(25)26-18(2,3)4;/h14H,6-13H2,1-5H3,(H2,19,20,21);1H. The van der Waals surface area contributed by atoms with Crippen LogP contribution in [0.4, 0.5) is 0 Å². The van der Waals surface area contributed by atoms with Crippen LogP contribution in [-0.2, 0) is 23.1 Å². The molecule has 0 aliphatic carbocycles. The van der Waals surface area contributed by atoms with Crippen LogP contribution in [0, 0.1) is 0 Å². The number of aryl methyl sites for hydroxylation is 1. The van der Waals surface area contributed by atoms with Crippen LogP contribution >= 0.6 is 24.0 Å². The van der Waals surface area contributed by atoms with Gasteiger partial charge in [0.2, 0.25) is 0 Å². The molecule has 0 bridgehead atoms. The molecule has 1 aromatic rings. The monoisotopic (exact) mass is 494 g/mol. The van der Waals surface area contributed by atoms with Crippen molar-refractivity contribution in [2.75, 3.05) is 13.1 Å². The van der Waals surface area contributed by atoms with Gasteiger partial charge in [0.25, 0.3) is 0 Å². The maximum atomic E-state index is 11.6. The molecule has 27 heavy (non-hydrogen) atoms. The molecule has 0 atom stereocenters. The maximum absolute atomic E-state index is 11.6. The molecule has 9 heteroatoms. The first kappa shape index (κ1) is 25.6. The van der Waals surface area contributed by atoms with Gasteiger partial charge in [-0.1, -0.05) is 12.8 Å². The Labute approximate surface area is 180 Å². The zero-order valence-electron chi connectivity index (χ0n) is 17.2. The lowest BCUT2D eigenvalue weighted by molar-refractivity contribution is -0.154. The summed E-state index contributed by atoms with van der Waals surface area (Å²) in [6.07, 6.45) is 6.01. The Morgan fingerprint density at radius 2 is 1.93 bits per heavy atom. The van der Waals surface area contributed by atoms with Crippen LogP contribution in [0.15, 0.2) is 11.3 Å². The predicted molar refractivity (Wildman–Crippen MR) is 118 cm³/mol. The average molecular weight is 494 g/mol. The number of nitrogens with one attached hydrogen (secondary N) is 2. The molecule has 0 aliphatic rings. The number of rotatable bonds is 10. The molecule has 156 valence electrons. The highest BCUT2D eigenvalue weighted by Crippen LogP contribution is 2.10. The Kier molecular flexibility index (Phi) is 13.0. The molecule has 0 unspecified atom stereocenters. The van der Waals surface area contributed by atoms with Crippen molar-refractivity contribution in [3.05, 3.63) is 12.2 Å². The van der Waals surface area contributed by atoms with E-state index in [1.54, 1.807) is 4.68 Å². The zero-order valence-corrected chi connectivity index (χ0v) is 19.6. The lowest BCUT2D eigenvalue weighted by Gasteiger charge is -2.19. The van der Waals surface area contributed by atoms with Crippen molar-refractivity contribution < 1.29 is 9.53 Å². The number of hydrogen-bond acceptors (Lipinski definition) is 5. The molecule has 0 amide bonds. The number of guanidine groups is 1. The number of aromatic nitrogens is 3. The third-order valence-corrected chi connectivity index (χ3v) is 3.55. The van der Waals surface area contributed by atoms with E-state index in [2.05, 4.69) is 25.7 Å². The number of nitrogens with zero attached hydrogens (tertiary/aromatic N) is 4. The molecule has 0 saturated carbocycles. The highest BCUT2D eigenvalue weighted by atomic mass is 127. The number of carbonyl (C=O) groups is 1. The van der Waals surface area contributed by atoms with Gasteiger partial charge in [0.15, 0.2) is 5.96 Å². The number of ether oxygens (including phenoxy) is 1. The average Bonchev–Trinajstić information content (AvgIpc) is 2.95. The minimum absolute atomic E-state index is 0. The molecule has 1 aromatic heterocycles. The van der Waals surface area contributed by atoms with E-state index >= 15 is 0 Å². The SMILES string of the molecule is CCNC(=NCc1ncnn1C)NCCCCCCC(=O)OC(C)(C)C.I. The number of halogens is 1. The first-order chi connectivity index (χ1) is 12.3. The van der Waals surface area contributed by atoms with E-state index in [1.165, 1.54) is 6.33 Å². The summed E-state index contributed by atoms with van der Waals surface area (Å²) in [5.41, 5.74) is -0.395. The summed E-state index contributed by atoms with van der Waals surface area (Å²) in [4.78, 5) is 20.3. The largest absolute Gasteiger partial charge is 0.460 e. The Balaban J connectivity index is 0.00000676. The molecule has 0 saturated heterocycles. The maximum Gasteiger partial charge on any atom is 0.306 e. The Morgan fingerprint density at radius 1 is 1.22 bits per heavy atom.